The number of nitrogens with one attached hydrogen (secondary N) is 2. The second kappa shape index (κ2) is 10.6. The number of aliphatic carboxylic acids is 1. The minimum Gasteiger partial charge on any atom is -0.478 e. The number of hydrogen-bond donors (Lipinski definition) is 3. The van der Waals surface area contributed by atoms with Crippen LogP contribution in [-0.4, -0.2) is 59.0 Å². The standard InChI is InChI=1S/C21H39N3O4/c1-10-21(11-2,23-14(3)4)19(28)22-16(20(6,7)8)17(25)24(9)13-12-15(5)18(26)27/h12,14,16,23H,10-11,13H2,1-9H3,(H,22,28)(H,26,27)/b15-12+. The van der Waals surface area contributed by atoms with Gasteiger partial charge in [-0.25, -0.2) is 4.79 Å². The maximum atomic E-state index is 13.2. The summed E-state index contributed by atoms with van der Waals surface area (Å²) in [7, 11) is 1.61. The first kappa shape index (κ1) is 26.1. The molecule has 0 aromatic carbocycles. The van der Waals surface area contributed by atoms with Gasteiger partial charge in [-0.3, -0.25) is 9.59 Å². The molecule has 0 fully saturated rings. The molecule has 7 heteroatoms. The molecule has 7 nitrogen and oxygen atoms in total. The third kappa shape index (κ3) is 7.26. The topological polar surface area (TPSA) is 98.7 Å². The Bertz CT molecular complexity index is 587. The van der Waals surface area contributed by atoms with Crippen LogP contribution in [0, 0.1) is 5.41 Å². The number of carboxylic acids is 1. The number of amides is 2. The molecular formula is C21H39N3O4. The Morgan fingerprint density at radius 3 is 1.96 bits per heavy atom. The molecule has 0 saturated heterocycles. The molecule has 28 heavy (non-hydrogen) atoms. The molecule has 0 rings (SSSR count). The van der Waals surface area contributed by atoms with Crippen LogP contribution in [0.4, 0.5) is 0 Å². The highest BCUT2D eigenvalue weighted by atomic mass is 16.4. The summed E-state index contributed by atoms with van der Waals surface area (Å²) in [4.78, 5) is 38.6. The van der Waals surface area contributed by atoms with E-state index in [1.165, 1.54) is 17.9 Å². The molecule has 0 aliphatic carbocycles. The van der Waals surface area contributed by atoms with Crippen molar-refractivity contribution in [2.24, 2.45) is 5.41 Å². The fraction of sp³-hybridized carbons (Fsp3) is 0.762. The van der Waals surface area contributed by atoms with Crippen LogP contribution >= 0.6 is 0 Å². The van der Waals surface area contributed by atoms with Crippen LogP contribution in [0.5, 0.6) is 0 Å². The minimum absolute atomic E-state index is 0.126. The molecule has 0 aliphatic heterocycles. The SMILES string of the molecule is CCC(CC)(NC(C)C)C(=O)NC(C(=O)N(C)C/C=C(\C)C(=O)O)C(C)(C)C. The van der Waals surface area contributed by atoms with Crippen LogP contribution in [0.2, 0.25) is 0 Å². The van der Waals surface area contributed by atoms with Gasteiger partial charge in [-0.2, -0.15) is 0 Å². The first-order valence-corrected chi connectivity index (χ1v) is 9.95. The van der Waals surface area contributed by atoms with Gasteiger partial charge in [0.2, 0.25) is 11.8 Å². The van der Waals surface area contributed by atoms with Crippen molar-refractivity contribution in [3.63, 3.8) is 0 Å². The monoisotopic (exact) mass is 397 g/mol. The number of likely N-dealkylation sites (N-methyl/N-ethyl adjacent to an activating group) is 1. The van der Waals surface area contributed by atoms with Crippen LogP contribution in [-0.2, 0) is 14.4 Å². The maximum Gasteiger partial charge on any atom is 0.331 e. The van der Waals surface area contributed by atoms with Crippen molar-refractivity contribution in [1.82, 2.24) is 15.5 Å². The Kier molecular flexibility index (Phi) is 9.88. The first-order chi connectivity index (χ1) is 12.7. The zero-order valence-electron chi connectivity index (χ0n) is 19.0. The summed E-state index contributed by atoms with van der Waals surface area (Å²) in [5.74, 6) is -1.46. The van der Waals surface area contributed by atoms with Crippen LogP contribution < -0.4 is 10.6 Å². The van der Waals surface area contributed by atoms with Crippen molar-refractivity contribution < 1.29 is 19.5 Å². The molecule has 3 N–H and O–H groups in total. The molecule has 0 radical (unpaired) electrons. The van der Waals surface area contributed by atoms with Crippen molar-refractivity contribution in [2.75, 3.05) is 13.6 Å². The lowest BCUT2D eigenvalue weighted by Gasteiger charge is -2.39. The zero-order valence-corrected chi connectivity index (χ0v) is 19.0. The third-order valence-electron chi connectivity index (χ3n) is 4.98. The lowest BCUT2D eigenvalue weighted by atomic mass is 9.83. The van der Waals surface area contributed by atoms with E-state index in [1.54, 1.807) is 7.05 Å². The molecule has 1 atom stereocenters. The van der Waals surface area contributed by atoms with E-state index in [9.17, 15) is 14.4 Å². The van der Waals surface area contributed by atoms with Gasteiger partial charge in [0.15, 0.2) is 0 Å². The van der Waals surface area contributed by atoms with Crippen LogP contribution in [0.15, 0.2) is 11.6 Å². The summed E-state index contributed by atoms with van der Waals surface area (Å²) in [5, 5.41) is 15.3. The highest BCUT2D eigenvalue weighted by Gasteiger charge is 2.41. The molecule has 0 saturated carbocycles. The number of carbonyl (C=O) groups excluding carboxylic acids is 2. The van der Waals surface area contributed by atoms with Gasteiger partial charge in [0, 0.05) is 25.2 Å². The predicted molar refractivity (Wildman–Crippen MR) is 112 cm³/mol. The lowest BCUT2D eigenvalue weighted by molar-refractivity contribution is -0.140. The zero-order chi connectivity index (χ0) is 22.3. The Hall–Kier alpha value is -1.89. The van der Waals surface area contributed by atoms with Gasteiger partial charge in [0.1, 0.15) is 6.04 Å². The molecular weight excluding hydrogens is 358 g/mol. The summed E-state index contributed by atoms with van der Waals surface area (Å²) in [6, 6.07) is -0.601. The predicted octanol–water partition coefficient (Wildman–Crippen LogP) is 2.56. The van der Waals surface area contributed by atoms with Gasteiger partial charge in [0.05, 0.1) is 5.54 Å². The summed E-state index contributed by atoms with van der Waals surface area (Å²) >= 11 is 0. The van der Waals surface area contributed by atoms with Crippen LogP contribution in [0.3, 0.4) is 0 Å². The largest absolute Gasteiger partial charge is 0.478 e. The van der Waals surface area contributed by atoms with Crippen molar-refractivity contribution >= 4 is 17.8 Å². The fourth-order valence-electron chi connectivity index (χ4n) is 2.98. The van der Waals surface area contributed by atoms with E-state index in [0.29, 0.717) is 12.8 Å². The van der Waals surface area contributed by atoms with E-state index in [2.05, 4.69) is 10.6 Å². The van der Waals surface area contributed by atoms with Crippen molar-refractivity contribution in [1.29, 1.82) is 0 Å². The Morgan fingerprint density at radius 1 is 1.11 bits per heavy atom. The summed E-state index contributed by atoms with van der Waals surface area (Å²) in [6.45, 7) is 15.2. The summed E-state index contributed by atoms with van der Waals surface area (Å²) < 4.78 is 0. The molecule has 0 aliphatic rings. The molecule has 0 aromatic heterocycles. The van der Waals surface area contributed by atoms with Gasteiger partial charge in [-0.05, 0) is 39.0 Å². The molecule has 0 bridgehead atoms. The average molecular weight is 398 g/mol. The molecule has 1 unspecified atom stereocenters. The first-order valence-electron chi connectivity index (χ1n) is 9.95. The Balaban J connectivity index is 5.59. The van der Waals surface area contributed by atoms with Crippen LogP contribution in [0.1, 0.15) is 68.2 Å². The van der Waals surface area contributed by atoms with E-state index >= 15 is 0 Å². The summed E-state index contributed by atoms with van der Waals surface area (Å²) in [6.07, 6.45) is 2.70. The Morgan fingerprint density at radius 2 is 1.61 bits per heavy atom. The highest BCUT2D eigenvalue weighted by Crippen LogP contribution is 2.24. The van der Waals surface area contributed by atoms with Crippen molar-refractivity contribution in [3.05, 3.63) is 11.6 Å². The number of nitrogens with zero attached hydrogens (tertiary/aromatic N) is 1. The smallest absolute Gasteiger partial charge is 0.331 e. The van der Waals surface area contributed by atoms with E-state index < -0.39 is 23.0 Å². The normalized spacial score (nSPS) is 14.0. The molecule has 0 spiro atoms. The molecule has 0 heterocycles. The van der Waals surface area contributed by atoms with Gasteiger partial charge >= 0.3 is 5.97 Å². The number of carboxylic acid groups (broad SMARTS) is 1. The minimum atomic E-state index is -1.02. The van der Waals surface area contributed by atoms with Crippen molar-refractivity contribution in [3.8, 4) is 0 Å². The lowest BCUT2D eigenvalue weighted by Crippen LogP contribution is -2.63. The van der Waals surface area contributed by atoms with Crippen LogP contribution in [0.25, 0.3) is 0 Å². The summed E-state index contributed by atoms with van der Waals surface area (Å²) in [5.41, 5.74) is -1.07. The Labute approximate surface area is 169 Å². The maximum absolute atomic E-state index is 13.2. The molecule has 2 amide bonds. The van der Waals surface area contributed by atoms with Crippen molar-refractivity contribution in [2.45, 2.75) is 85.9 Å². The number of hydrogen-bond acceptors (Lipinski definition) is 4. The number of rotatable bonds is 10. The quantitative estimate of drug-likeness (QED) is 0.492. The third-order valence-corrected chi connectivity index (χ3v) is 4.98. The second-order valence-electron chi connectivity index (χ2n) is 8.77. The van der Waals surface area contributed by atoms with E-state index in [-0.39, 0.29) is 30.0 Å². The van der Waals surface area contributed by atoms with E-state index in [0.717, 1.165) is 0 Å². The van der Waals surface area contributed by atoms with Gasteiger partial charge in [0.25, 0.3) is 0 Å². The number of carbonyl (C=O) groups is 3. The van der Waals surface area contributed by atoms with E-state index in [1.807, 2.05) is 48.5 Å². The van der Waals surface area contributed by atoms with Gasteiger partial charge in [-0.15, -0.1) is 0 Å². The van der Waals surface area contributed by atoms with E-state index in [4.69, 9.17) is 5.11 Å². The van der Waals surface area contributed by atoms with Gasteiger partial charge in [-0.1, -0.05) is 40.7 Å². The molecule has 0 aromatic rings. The average Bonchev–Trinajstić information content (AvgIpc) is 2.59. The second-order valence-corrected chi connectivity index (χ2v) is 8.77. The highest BCUT2D eigenvalue weighted by molar-refractivity contribution is 5.92. The van der Waals surface area contributed by atoms with Gasteiger partial charge < -0.3 is 20.6 Å². The fourth-order valence-corrected chi connectivity index (χ4v) is 2.98. The molecule has 162 valence electrons.